The van der Waals surface area contributed by atoms with E-state index in [0.29, 0.717) is 12.1 Å². The predicted octanol–water partition coefficient (Wildman–Crippen LogP) is 3.58. The van der Waals surface area contributed by atoms with Gasteiger partial charge in [-0.05, 0) is 12.1 Å². The van der Waals surface area contributed by atoms with E-state index in [4.69, 9.17) is 5.26 Å². The highest BCUT2D eigenvalue weighted by Gasteiger charge is 2.36. The maximum atomic E-state index is 13.5. The lowest BCUT2D eigenvalue weighted by Gasteiger charge is -2.20. The zero-order chi connectivity index (χ0) is 12.5. The Morgan fingerprint density at radius 2 is 1.62 bits per heavy atom. The lowest BCUT2D eigenvalue weighted by atomic mass is 9.96. The number of rotatable bonds is 2. The fourth-order valence-electron chi connectivity index (χ4n) is 1.21. The fourth-order valence-corrected chi connectivity index (χ4v) is 1.21. The topological polar surface area (TPSA) is 23.8 Å². The number of nitriles is 1. The van der Waals surface area contributed by atoms with Crippen molar-refractivity contribution < 1.29 is 17.6 Å². The zero-order valence-corrected chi connectivity index (χ0v) is 8.69. The third kappa shape index (κ3) is 2.01. The van der Waals surface area contributed by atoms with Crippen molar-refractivity contribution in [1.82, 2.24) is 0 Å². The monoisotopic (exact) mass is 231 g/mol. The van der Waals surface area contributed by atoms with E-state index in [1.54, 1.807) is 0 Å². The Labute approximate surface area is 90.3 Å². The average Bonchev–Trinajstić information content (AvgIpc) is 2.16. The molecule has 1 aromatic rings. The highest BCUT2D eigenvalue weighted by Crippen LogP contribution is 2.36. The molecule has 0 atom stereocenters. The summed E-state index contributed by atoms with van der Waals surface area (Å²) in [5, 5.41) is 8.38. The quantitative estimate of drug-likeness (QED) is 0.713. The van der Waals surface area contributed by atoms with Gasteiger partial charge in [0.25, 0.3) is 5.92 Å². The zero-order valence-electron chi connectivity index (χ0n) is 8.69. The second-order valence-corrected chi connectivity index (χ2v) is 3.70. The van der Waals surface area contributed by atoms with Gasteiger partial charge in [0.1, 0.15) is 23.3 Å². The second kappa shape index (κ2) is 4.12. The molecule has 1 rings (SSSR count). The molecule has 0 aromatic heterocycles. The maximum absolute atomic E-state index is 13.5. The number of halogens is 4. The van der Waals surface area contributed by atoms with E-state index in [0.717, 1.165) is 0 Å². The van der Waals surface area contributed by atoms with Gasteiger partial charge in [0.15, 0.2) is 0 Å². The lowest BCUT2D eigenvalue weighted by Crippen LogP contribution is -2.21. The fraction of sp³-hybridized carbons (Fsp3) is 0.364. The number of alkyl halides is 2. The highest BCUT2D eigenvalue weighted by molar-refractivity contribution is 5.36. The van der Waals surface area contributed by atoms with Crippen LogP contribution in [0.1, 0.15) is 25.0 Å². The van der Waals surface area contributed by atoms with Crippen molar-refractivity contribution in [2.24, 2.45) is 5.92 Å². The molecule has 1 nitrogen and oxygen atoms in total. The summed E-state index contributed by atoms with van der Waals surface area (Å²) in [6.45, 7) is 2.49. The van der Waals surface area contributed by atoms with E-state index in [1.165, 1.54) is 19.9 Å². The van der Waals surface area contributed by atoms with E-state index < -0.39 is 34.6 Å². The SMILES string of the molecule is CC(C)C(F)(F)c1cc(F)c(C#N)c(F)c1. The third-order valence-corrected chi connectivity index (χ3v) is 2.26. The van der Waals surface area contributed by atoms with Gasteiger partial charge in [-0.2, -0.15) is 5.26 Å². The third-order valence-electron chi connectivity index (χ3n) is 2.26. The number of benzene rings is 1. The maximum Gasteiger partial charge on any atom is 0.275 e. The molecule has 1 aromatic carbocycles. The Hall–Kier alpha value is -1.57. The first kappa shape index (κ1) is 12.5. The molecule has 0 aliphatic heterocycles. The van der Waals surface area contributed by atoms with Crippen molar-refractivity contribution in [3.63, 3.8) is 0 Å². The van der Waals surface area contributed by atoms with E-state index in [1.807, 2.05) is 0 Å². The summed E-state index contributed by atoms with van der Waals surface area (Å²) in [4.78, 5) is 0. The van der Waals surface area contributed by atoms with Crippen molar-refractivity contribution in [2.45, 2.75) is 19.8 Å². The van der Waals surface area contributed by atoms with Crippen LogP contribution >= 0.6 is 0 Å². The van der Waals surface area contributed by atoms with Gasteiger partial charge in [0, 0.05) is 11.5 Å². The molecule has 0 fully saturated rings. The van der Waals surface area contributed by atoms with Gasteiger partial charge >= 0.3 is 0 Å². The van der Waals surface area contributed by atoms with Crippen LogP contribution in [0.2, 0.25) is 0 Å². The summed E-state index contributed by atoms with van der Waals surface area (Å²) < 4.78 is 53.1. The molecule has 0 N–H and O–H groups in total. The Kier molecular flexibility index (Phi) is 3.22. The average molecular weight is 231 g/mol. The first-order chi connectivity index (χ1) is 7.30. The summed E-state index contributed by atoms with van der Waals surface area (Å²) in [7, 11) is 0. The van der Waals surface area contributed by atoms with Crippen molar-refractivity contribution >= 4 is 0 Å². The Morgan fingerprint density at radius 3 is 1.94 bits per heavy atom. The van der Waals surface area contributed by atoms with Gasteiger partial charge < -0.3 is 0 Å². The van der Waals surface area contributed by atoms with E-state index in [9.17, 15) is 17.6 Å². The molecule has 86 valence electrons. The summed E-state index contributed by atoms with van der Waals surface area (Å²) in [6, 6.07) is 2.28. The van der Waals surface area contributed by atoms with Crippen LogP contribution in [0, 0.1) is 28.9 Å². The van der Waals surface area contributed by atoms with E-state index in [-0.39, 0.29) is 0 Å². The van der Waals surface area contributed by atoms with Crippen molar-refractivity contribution in [3.8, 4) is 6.07 Å². The van der Waals surface area contributed by atoms with E-state index in [2.05, 4.69) is 0 Å². The Bertz CT molecular complexity index is 423. The van der Waals surface area contributed by atoms with Crippen LogP contribution in [0.5, 0.6) is 0 Å². The van der Waals surface area contributed by atoms with Crippen LogP contribution in [-0.4, -0.2) is 0 Å². The Balaban J connectivity index is 3.36. The van der Waals surface area contributed by atoms with Gasteiger partial charge in [-0.15, -0.1) is 0 Å². The molecule has 0 amide bonds. The normalized spacial score (nSPS) is 11.6. The minimum absolute atomic E-state index is 0.502. The van der Waals surface area contributed by atoms with Crippen LogP contribution in [0.3, 0.4) is 0 Å². The van der Waals surface area contributed by atoms with Crippen LogP contribution in [0.25, 0.3) is 0 Å². The molecule has 0 heterocycles. The number of nitrogens with zero attached hydrogens (tertiary/aromatic N) is 1. The van der Waals surface area contributed by atoms with Crippen molar-refractivity contribution in [2.75, 3.05) is 0 Å². The van der Waals surface area contributed by atoms with Crippen molar-refractivity contribution in [1.29, 1.82) is 5.26 Å². The summed E-state index contributed by atoms with van der Waals surface area (Å²) >= 11 is 0. The first-order valence-electron chi connectivity index (χ1n) is 4.58. The molecule has 0 bridgehead atoms. The molecule has 0 aliphatic rings. The Morgan fingerprint density at radius 1 is 1.19 bits per heavy atom. The molecule has 0 saturated heterocycles. The largest absolute Gasteiger partial charge is 0.275 e. The van der Waals surface area contributed by atoms with Gasteiger partial charge in [0.2, 0.25) is 0 Å². The molecule has 0 saturated carbocycles. The summed E-state index contributed by atoms with van der Waals surface area (Å²) in [6.07, 6.45) is 0. The van der Waals surface area contributed by atoms with Gasteiger partial charge in [-0.3, -0.25) is 0 Å². The van der Waals surface area contributed by atoms with Crippen molar-refractivity contribution in [3.05, 3.63) is 34.9 Å². The smallest absolute Gasteiger partial charge is 0.205 e. The molecule has 0 aliphatic carbocycles. The number of hydrogen-bond acceptors (Lipinski definition) is 1. The van der Waals surface area contributed by atoms with E-state index >= 15 is 0 Å². The molecule has 0 unspecified atom stereocenters. The predicted molar refractivity (Wildman–Crippen MR) is 49.8 cm³/mol. The molecular weight excluding hydrogens is 222 g/mol. The highest BCUT2D eigenvalue weighted by atomic mass is 19.3. The van der Waals surface area contributed by atoms with Crippen LogP contribution < -0.4 is 0 Å². The minimum Gasteiger partial charge on any atom is -0.205 e. The number of hydrogen-bond donors (Lipinski definition) is 0. The van der Waals surface area contributed by atoms with Gasteiger partial charge in [-0.1, -0.05) is 13.8 Å². The van der Waals surface area contributed by atoms with Crippen LogP contribution in [-0.2, 0) is 5.92 Å². The van der Waals surface area contributed by atoms with Crippen LogP contribution in [0.15, 0.2) is 12.1 Å². The first-order valence-corrected chi connectivity index (χ1v) is 4.58. The molecule has 0 spiro atoms. The minimum atomic E-state index is -3.32. The lowest BCUT2D eigenvalue weighted by molar-refractivity contribution is -0.0518. The second-order valence-electron chi connectivity index (χ2n) is 3.70. The summed E-state index contributed by atoms with van der Waals surface area (Å²) in [5.74, 6) is -6.94. The molecular formula is C11H9F4N. The standard InChI is InChI=1S/C11H9F4N/c1-6(2)11(14,15)7-3-9(12)8(5-16)10(13)4-7/h3-4,6H,1-2H3. The molecule has 0 radical (unpaired) electrons. The molecule has 16 heavy (non-hydrogen) atoms. The van der Waals surface area contributed by atoms with Gasteiger partial charge in [0.05, 0.1) is 0 Å². The van der Waals surface area contributed by atoms with Gasteiger partial charge in [-0.25, -0.2) is 17.6 Å². The molecule has 5 heteroatoms. The van der Waals surface area contributed by atoms with Crippen LogP contribution in [0.4, 0.5) is 17.6 Å². The summed E-state index contributed by atoms with van der Waals surface area (Å²) in [5.41, 5.74) is -1.60.